The molecule has 0 aliphatic heterocycles. The Balaban J connectivity index is 1.83. The highest BCUT2D eigenvalue weighted by Gasteiger charge is 2.20. The molecule has 0 saturated heterocycles. The molecule has 7 heteroatoms. The number of aldehydes is 1. The predicted octanol–water partition coefficient (Wildman–Crippen LogP) is 3.85. The highest BCUT2D eigenvalue weighted by molar-refractivity contribution is 6.09. The van der Waals surface area contributed by atoms with Crippen molar-refractivity contribution >= 4 is 30.1 Å². The molecule has 2 aromatic carbocycles. The molecule has 3 aromatic rings. The maximum Gasteiger partial charge on any atom is 0.271 e. The van der Waals surface area contributed by atoms with Crippen LogP contribution in [0.1, 0.15) is 53.6 Å². The minimum Gasteiger partial charge on any atom is -0.384 e. The molecule has 34 heavy (non-hydrogen) atoms. The molecule has 0 spiro atoms. The number of likely N-dealkylation sites (N-methyl/N-ethyl adjacent to an activating group) is 1. The second-order valence-corrected chi connectivity index (χ2v) is 8.71. The number of amides is 1. The fraction of sp³-hybridized carbons (Fsp3) is 0.185. The Morgan fingerprint density at radius 2 is 1.68 bits per heavy atom. The highest BCUT2D eigenvalue weighted by atomic mass is 16.2. The molecule has 7 nitrogen and oxygen atoms in total. The Hall–Kier alpha value is -4.26. The number of aromatic amines is 1. The van der Waals surface area contributed by atoms with Crippen molar-refractivity contribution in [3.05, 3.63) is 100 Å². The van der Waals surface area contributed by atoms with E-state index in [4.69, 9.17) is 0 Å². The topological polar surface area (TPSA) is 104 Å². The van der Waals surface area contributed by atoms with Gasteiger partial charge < -0.3 is 15.6 Å². The van der Waals surface area contributed by atoms with Gasteiger partial charge in [0.05, 0.1) is 17.7 Å². The molecule has 1 heterocycles. The zero-order chi connectivity index (χ0) is 24.7. The Morgan fingerprint density at radius 1 is 0.971 bits per heavy atom. The Bertz CT molecular complexity index is 1250. The van der Waals surface area contributed by atoms with E-state index in [-0.39, 0.29) is 22.6 Å². The molecule has 0 saturated carbocycles. The fourth-order valence-corrected chi connectivity index (χ4v) is 3.40. The number of benzene rings is 2. The number of aromatic nitrogens is 2. The third-order valence-electron chi connectivity index (χ3n) is 5.11. The van der Waals surface area contributed by atoms with Crippen molar-refractivity contribution in [1.29, 1.82) is 0 Å². The van der Waals surface area contributed by atoms with Gasteiger partial charge in [0, 0.05) is 29.3 Å². The average Bonchev–Trinajstić information content (AvgIpc) is 3.31. The van der Waals surface area contributed by atoms with Crippen molar-refractivity contribution < 1.29 is 14.4 Å². The number of nitrogens with one attached hydrogen (secondary N) is 3. The van der Waals surface area contributed by atoms with Crippen LogP contribution < -0.4 is 10.6 Å². The smallest absolute Gasteiger partial charge is 0.271 e. The monoisotopic (exact) mass is 456 g/mol. The molecule has 0 bridgehead atoms. The quantitative estimate of drug-likeness (QED) is 0.271. The van der Waals surface area contributed by atoms with Gasteiger partial charge in [-0.05, 0) is 23.8 Å². The lowest BCUT2D eigenvalue weighted by atomic mass is 9.90. The minimum absolute atomic E-state index is 0.0803. The van der Waals surface area contributed by atoms with Gasteiger partial charge in [0.1, 0.15) is 5.70 Å². The van der Waals surface area contributed by atoms with Crippen LogP contribution >= 0.6 is 0 Å². The van der Waals surface area contributed by atoms with Crippen molar-refractivity contribution in [3.63, 3.8) is 0 Å². The molecule has 174 valence electrons. The molecule has 1 amide bonds. The third kappa shape index (κ3) is 5.95. The second-order valence-electron chi connectivity index (χ2n) is 8.71. The van der Waals surface area contributed by atoms with Crippen LogP contribution in [0.25, 0.3) is 12.2 Å². The summed E-state index contributed by atoms with van der Waals surface area (Å²) in [5.41, 5.74) is 3.30. The number of carbonyl (C=O) groups is 3. The normalized spacial score (nSPS) is 12.2. The van der Waals surface area contributed by atoms with E-state index in [1.807, 2.05) is 39.0 Å². The summed E-state index contributed by atoms with van der Waals surface area (Å²) in [4.78, 5) is 44.6. The Labute approximate surface area is 199 Å². The predicted molar refractivity (Wildman–Crippen MR) is 133 cm³/mol. The molecule has 0 unspecified atom stereocenters. The SMILES string of the molecule is CN/C(=C\c1cccc(C(=O)c2ccccc2)c1)C(=O)N/C(C=O)=C\c1nc[nH]c1C(C)(C)C. The number of ketones is 1. The summed E-state index contributed by atoms with van der Waals surface area (Å²) >= 11 is 0. The summed E-state index contributed by atoms with van der Waals surface area (Å²) in [7, 11) is 1.61. The van der Waals surface area contributed by atoms with Gasteiger partial charge in [0.2, 0.25) is 0 Å². The van der Waals surface area contributed by atoms with Crippen LogP contribution in [0.2, 0.25) is 0 Å². The van der Waals surface area contributed by atoms with Crippen LogP contribution in [0, 0.1) is 0 Å². The largest absolute Gasteiger partial charge is 0.384 e. The summed E-state index contributed by atoms with van der Waals surface area (Å²) in [5.74, 6) is -0.598. The molecule has 0 radical (unpaired) electrons. The Morgan fingerprint density at radius 3 is 2.32 bits per heavy atom. The summed E-state index contributed by atoms with van der Waals surface area (Å²) in [6.07, 6.45) is 5.29. The first-order valence-electron chi connectivity index (χ1n) is 10.8. The first kappa shape index (κ1) is 24.4. The van der Waals surface area contributed by atoms with E-state index in [1.54, 1.807) is 55.8 Å². The van der Waals surface area contributed by atoms with Crippen molar-refractivity contribution in [2.75, 3.05) is 7.05 Å². The number of imidazole rings is 1. The van der Waals surface area contributed by atoms with Gasteiger partial charge in [-0.1, -0.05) is 69.3 Å². The molecule has 0 aliphatic carbocycles. The maximum atomic E-state index is 12.9. The van der Waals surface area contributed by atoms with Crippen LogP contribution in [0.4, 0.5) is 0 Å². The van der Waals surface area contributed by atoms with Gasteiger partial charge in [-0.2, -0.15) is 0 Å². The number of allylic oxidation sites excluding steroid dienone is 1. The lowest BCUT2D eigenvalue weighted by Gasteiger charge is -2.17. The number of rotatable bonds is 8. The molecular formula is C27H28N4O3. The number of hydrogen-bond donors (Lipinski definition) is 3. The summed E-state index contributed by atoms with van der Waals surface area (Å²) in [6, 6.07) is 16.0. The van der Waals surface area contributed by atoms with Crippen molar-refractivity contribution in [3.8, 4) is 0 Å². The van der Waals surface area contributed by atoms with Gasteiger partial charge in [-0.3, -0.25) is 14.4 Å². The van der Waals surface area contributed by atoms with Crippen LogP contribution in [0.3, 0.4) is 0 Å². The number of H-pyrrole nitrogens is 1. The van der Waals surface area contributed by atoms with Gasteiger partial charge in [0.25, 0.3) is 5.91 Å². The third-order valence-corrected chi connectivity index (χ3v) is 5.11. The standard InChI is InChI=1S/C27H28N4O3/c1-27(2,3)25-22(29-17-30-25)15-21(16-32)31-26(34)23(28-4)14-18-9-8-12-20(13-18)24(33)19-10-6-5-7-11-19/h5-17,28H,1-4H3,(H,29,30)(H,31,34)/b21-15-,23-14-. The second kappa shape index (κ2) is 10.6. The van der Waals surface area contributed by atoms with Gasteiger partial charge in [-0.25, -0.2) is 4.98 Å². The zero-order valence-electron chi connectivity index (χ0n) is 19.7. The lowest BCUT2D eigenvalue weighted by molar-refractivity contribution is -0.118. The minimum atomic E-state index is -0.492. The molecule has 0 aliphatic rings. The highest BCUT2D eigenvalue weighted by Crippen LogP contribution is 2.24. The van der Waals surface area contributed by atoms with E-state index >= 15 is 0 Å². The molecular weight excluding hydrogens is 428 g/mol. The van der Waals surface area contributed by atoms with Crippen molar-refractivity contribution in [2.45, 2.75) is 26.2 Å². The first-order chi connectivity index (χ1) is 16.2. The summed E-state index contributed by atoms with van der Waals surface area (Å²) in [6.45, 7) is 6.07. The van der Waals surface area contributed by atoms with E-state index < -0.39 is 5.91 Å². The van der Waals surface area contributed by atoms with Gasteiger partial charge in [-0.15, -0.1) is 0 Å². The fourth-order valence-electron chi connectivity index (χ4n) is 3.40. The lowest BCUT2D eigenvalue weighted by Crippen LogP contribution is -2.30. The first-order valence-corrected chi connectivity index (χ1v) is 10.8. The zero-order valence-corrected chi connectivity index (χ0v) is 19.7. The number of nitrogens with zero attached hydrogens (tertiary/aromatic N) is 1. The van der Waals surface area contributed by atoms with E-state index in [1.165, 1.54) is 6.08 Å². The van der Waals surface area contributed by atoms with Crippen LogP contribution in [0.5, 0.6) is 0 Å². The summed E-state index contributed by atoms with van der Waals surface area (Å²) in [5, 5.41) is 5.47. The van der Waals surface area contributed by atoms with Crippen molar-refractivity contribution in [1.82, 2.24) is 20.6 Å². The van der Waals surface area contributed by atoms with E-state index in [2.05, 4.69) is 20.6 Å². The average molecular weight is 457 g/mol. The van der Waals surface area contributed by atoms with Gasteiger partial charge in [0.15, 0.2) is 12.1 Å². The van der Waals surface area contributed by atoms with E-state index in [0.717, 1.165) is 5.69 Å². The van der Waals surface area contributed by atoms with Crippen LogP contribution in [-0.4, -0.2) is 35.0 Å². The number of hydrogen-bond acceptors (Lipinski definition) is 5. The van der Waals surface area contributed by atoms with Crippen molar-refractivity contribution in [2.24, 2.45) is 0 Å². The molecule has 1 aromatic heterocycles. The maximum absolute atomic E-state index is 12.9. The van der Waals surface area contributed by atoms with Gasteiger partial charge >= 0.3 is 0 Å². The molecule has 0 atom stereocenters. The van der Waals surface area contributed by atoms with Crippen LogP contribution in [0.15, 0.2) is 72.3 Å². The summed E-state index contributed by atoms with van der Waals surface area (Å²) < 4.78 is 0. The number of carbonyl (C=O) groups excluding carboxylic acids is 3. The van der Waals surface area contributed by atoms with E-state index in [9.17, 15) is 14.4 Å². The molecule has 3 rings (SSSR count). The van der Waals surface area contributed by atoms with Crippen LogP contribution in [-0.2, 0) is 15.0 Å². The van der Waals surface area contributed by atoms with E-state index in [0.29, 0.717) is 28.7 Å². The molecule has 0 fully saturated rings. The Kier molecular flexibility index (Phi) is 7.58. The molecule has 3 N–H and O–H groups in total.